The van der Waals surface area contributed by atoms with Crippen molar-refractivity contribution >= 4 is 0 Å². The summed E-state index contributed by atoms with van der Waals surface area (Å²) in [5.74, 6) is -0.206. The lowest BCUT2D eigenvalue weighted by Gasteiger charge is -2.25. The minimum atomic E-state index is -0.407. The minimum Gasteiger partial charge on any atom is -0.494 e. The Morgan fingerprint density at radius 1 is 1.39 bits per heavy atom. The van der Waals surface area contributed by atoms with E-state index in [4.69, 9.17) is 4.74 Å². The summed E-state index contributed by atoms with van der Waals surface area (Å²) in [4.78, 5) is 0. The van der Waals surface area contributed by atoms with Gasteiger partial charge in [-0.25, -0.2) is 4.39 Å². The van der Waals surface area contributed by atoms with Crippen LogP contribution in [0.3, 0.4) is 0 Å². The van der Waals surface area contributed by atoms with E-state index in [9.17, 15) is 9.65 Å². The van der Waals surface area contributed by atoms with Crippen LogP contribution in [0.2, 0.25) is 0 Å². The van der Waals surface area contributed by atoms with E-state index in [2.05, 4.69) is 11.4 Å². The summed E-state index contributed by atoms with van der Waals surface area (Å²) in [5.41, 5.74) is 0.760. The lowest BCUT2D eigenvalue weighted by molar-refractivity contribution is 0.358. The molecule has 0 saturated carbocycles. The van der Waals surface area contributed by atoms with Crippen molar-refractivity contribution < 1.29 is 9.13 Å². The third-order valence-electron chi connectivity index (χ3n) is 3.07. The first-order valence-electron chi connectivity index (χ1n) is 5.95. The highest BCUT2D eigenvalue weighted by molar-refractivity contribution is 5.32. The Labute approximate surface area is 108 Å². The average Bonchev–Trinajstić information content (AvgIpc) is 2.35. The maximum Gasteiger partial charge on any atom is 0.165 e. The van der Waals surface area contributed by atoms with E-state index in [1.165, 1.54) is 13.2 Å². The van der Waals surface area contributed by atoms with Gasteiger partial charge in [0.05, 0.1) is 19.1 Å². The number of hydrogen-bond acceptors (Lipinski definition) is 3. The largest absolute Gasteiger partial charge is 0.494 e. The Bertz CT molecular complexity index is 440. The molecule has 0 spiro atoms. The fraction of sp³-hybridized carbons (Fsp3) is 0.500. The molecule has 1 aromatic rings. The number of nitriles is 1. The third-order valence-corrected chi connectivity index (χ3v) is 3.07. The number of nitrogens with one attached hydrogen (secondary N) is 1. The highest BCUT2D eigenvalue weighted by atomic mass is 19.1. The van der Waals surface area contributed by atoms with Crippen molar-refractivity contribution in [1.82, 2.24) is 5.32 Å². The maximum atomic E-state index is 13.7. The molecule has 0 aliphatic heterocycles. The van der Waals surface area contributed by atoms with E-state index in [0.717, 1.165) is 5.56 Å². The van der Waals surface area contributed by atoms with Gasteiger partial charge < -0.3 is 10.1 Å². The molecule has 1 rings (SSSR count). The summed E-state index contributed by atoms with van der Waals surface area (Å²) >= 11 is 0. The quantitative estimate of drug-likeness (QED) is 0.874. The average molecular weight is 250 g/mol. The van der Waals surface area contributed by atoms with E-state index in [1.807, 2.05) is 13.8 Å². The molecular weight excluding hydrogens is 231 g/mol. The molecule has 1 aromatic carbocycles. The molecule has 98 valence electrons. The lowest BCUT2D eigenvalue weighted by atomic mass is 9.85. The fourth-order valence-electron chi connectivity index (χ4n) is 2.04. The minimum absolute atomic E-state index is 0.185. The topological polar surface area (TPSA) is 45.0 Å². The zero-order valence-electron chi connectivity index (χ0n) is 11.2. The Hall–Kier alpha value is -1.60. The number of benzene rings is 1. The van der Waals surface area contributed by atoms with E-state index in [-0.39, 0.29) is 23.6 Å². The zero-order valence-corrected chi connectivity index (χ0v) is 11.2. The van der Waals surface area contributed by atoms with Gasteiger partial charge in [0, 0.05) is 6.04 Å². The summed E-state index contributed by atoms with van der Waals surface area (Å²) < 4.78 is 18.6. The molecule has 0 amide bonds. The molecule has 0 heterocycles. The monoisotopic (exact) mass is 250 g/mol. The van der Waals surface area contributed by atoms with E-state index in [0.29, 0.717) is 0 Å². The Balaban J connectivity index is 3.10. The SMILES string of the molecule is CNC(c1ccc(OC)c(F)c1)C(C#N)C(C)C. The Morgan fingerprint density at radius 2 is 2.06 bits per heavy atom. The van der Waals surface area contributed by atoms with Crippen molar-refractivity contribution in [2.45, 2.75) is 19.9 Å². The van der Waals surface area contributed by atoms with Crippen LogP contribution < -0.4 is 10.1 Å². The molecule has 2 atom stereocenters. The van der Waals surface area contributed by atoms with Gasteiger partial charge in [-0.15, -0.1) is 0 Å². The van der Waals surface area contributed by atoms with Crippen molar-refractivity contribution in [3.63, 3.8) is 0 Å². The number of rotatable bonds is 5. The molecule has 3 nitrogen and oxygen atoms in total. The first kappa shape index (κ1) is 14.5. The molecule has 0 radical (unpaired) electrons. The second-order valence-corrected chi connectivity index (χ2v) is 4.56. The summed E-state index contributed by atoms with van der Waals surface area (Å²) in [7, 11) is 3.21. The van der Waals surface area contributed by atoms with Gasteiger partial charge in [-0.3, -0.25) is 0 Å². The van der Waals surface area contributed by atoms with Crippen LogP contribution in [-0.4, -0.2) is 14.2 Å². The van der Waals surface area contributed by atoms with Crippen LogP contribution in [0.5, 0.6) is 5.75 Å². The zero-order chi connectivity index (χ0) is 13.7. The predicted octanol–water partition coefficient (Wildman–Crippen LogP) is 2.89. The molecule has 0 fully saturated rings. The number of hydrogen-bond donors (Lipinski definition) is 1. The Kier molecular flexibility index (Phi) is 5.11. The summed E-state index contributed by atoms with van der Waals surface area (Å²) in [5, 5.41) is 12.3. The second kappa shape index (κ2) is 6.36. The van der Waals surface area contributed by atoms with Gasteiger partial charge in [-0.2, -0.15) is 5.26 Å². The van der Waals surface area contributed by atoms with Gasteiger partial charge in [-0.05, 0) is 30.7 Å². The summed E-state index contributed by atoms with van der Waals surface area (Å²) in [6, 6.07) is 6.90. The van der Waals surface area contributed by atoms with Gasteiger partial charge in [0.25, 0.3) is 0 Å². The Morgan fingerprint density at radius 3 is 2.44 bits per heavy atom. The first-order chi connectivity index (χ1) is 8.54. The molecule has 2 unspecified atom stereocenters. The smallest absolute Gasteiger partial charge is 0.165 e. The van der Waals surface area contributed by atoms with E-state index < -0.39 is 5.82 Å². The van der Waals surface area contributed by atoms with E-state index >= 15 is 0 Å². The third kappa shape index (κ3) is 2.99. The number of halogens is 1. The van der Waals surface area contributed by atoms with Crippen molar-refractivity contribution in [2.24, 2.45) is 11.8 Å². The van der Waals surface area contributed by atoms with Gasteiger partial charge >= 0.3 is 0 Å². The van der Waals surface area contributed by atoms with Crippen molar-refractivity contribution in [3.8, 4) is 11.8 Å². The highest BCUT2D eigenvalue weighted by Crippen LogP contribution is 2.29. The summed E-state index contributed by atoms with van der Waals surface area (Å²) in [6.45, 7) is 3.97. The number of methoxy groups -OCH3 is 1. The van der Waals surface area contributed by atoms with Crippen LogP contribution >= 0.6 is 0 Å². The van der Waals surface area contributed by atoms with Crippen molar-refractivity contribution in [2.75, 3.05) is 14.2 Å². The standard InChI is InChI=1S/C14H19FN2O/c1-9(2)11(8-16)14(17-3)10-5-6-13(18-4)12(15)7-10/h5-7,9,11,14,17H,1-4H3. The van der Waals surface area contributed by atoms with Crippen LogP contribution in [0, 0.1) is 29.0 Å². The van der Waals surface area contributed by atoms with Crippen molar-refractivity contribution in [1.29, 1.82) is 5.26 Å². The van der Waals surface area contributed by atoms with Crippen molar-refractivity contribution in [3.05, 3.63) is 29.6 Å². The molecule has 0 aliphatic rings. The molecular formula is C14H19FN2O. The van der Waals surface area contributed by atoms with Gasteiger partial charge in [0.1, 0.15) is 0 Å². The van der Waals surface area contributed by atoms with Crippen LogP contribution in [0.4, 0.5) is 4.39 Å². The second-order valence-electron chi connectivity index (χ2n) is 4.56. The molecule has 1 N–H and O–H groups in total. The van der Waals surface area contributed by atoms with Gasteiger partial charge in [0.15, 0.2) is 11.6 Å². The molecule has 0 aromatic heterocycles. The van der Waals surface area contributed by atoms with Crippen LogP contribution in [0.15, 0.2) is 18.2 Å². The first-order valence-corrected chi connectivity index (χ1v) is 5.95. The molecule has 0 saturated heterocycles. The van der Waals surface area contributed by atoms with Gasteiger partial charge in [-0.1, -0.05) is 19.9 Å². The lowest BCUT2D eigenvalue weighted by Crippen LogP contribution is -2.27. The molecule has 18 heavy (non-hydrogen) atoms. The summed E-state index contributed by atoms with van der Waals surface area (Å²) in [6.07, 6.45) is 0. The maximum absolute atomic E-state index is 13.7. The molecule has 0 aliphatic carbocycles. The highest BCUT2D eigenvalue weighted by Gasteiger charge is 2.25. The van der Waals surface area contributed by atoms with Crippen LogP contribution in [0.25, 0.3) is 0 Å². The normalized spacial score (nSPS) is 14.1. The fourth-order valence-corrected chi connectivity index (χ4v) is 2.04. The van der Waals surface area contributed by atoms with Gasteiger partial charge in [0.2, 0.25) is 0 Å². The number of ether oxygens (including phenoxy) is 1. The predicted molar refractivity (Wildman–Crippen MR) is 68.7 cm³/mol. The van der Waals surface area contributed by atoms with E-state index in [1.54, 1.807) is 19.2 Å². The number of nitrogens with zero attached hydrogens (tertiary/aromatic N) is 1. The van der Waals surface area contributed by atoms with Crippen LogP contribution in [-0.2, 0) is 0 Å². The molecule has 4 heteroatoms. The van der Waals surface area contributed by atoms with Crippen LogP contribution in [0.1, 0.15) is 25.5 Å². The molecule has 0 bridgehead atoms.